The van der Waals surface area contributed by atoms with Crippen LogP contribution in [-0.2, 0) is 16.6 Å². The average Bonchev–Trinajstić information content (AvgIpc) is 3.15. The minimum absolute atomic E-state index is 0.125. The molecule has 0 radical (unpaired) electrons. The van der Waals surface area contributed by atoms with Crippen molar-refractivity contribution in [2.24, 2.45) is 5.92 Å². The van der Waals surface area contributed by atoms with Gasteiger partial charge in [0.2, 0.25) is 5.89 Å². The Morgan fingerprint density at radius 1 is 1.29 bits per heavy atom. The maximum atomic E-state index is 5.70. The van der Waals surface area contributed by atoms with Gasteiger partial charge in [-0.25, -0.2) is 0 Å². The van der Waals surface area contributed by atoms with Gasteiger partial charge in [-0.3, -0.25) is 0 Å². The summed E-state index contributed by atoms with van der Waals surface area (Å²) >= 11 is 0. The van der Waals surface area contributed by atoms with Crippen molar-refractivity contribution in [1.29, 1.82) is 0 Å². The van der Waals surface area contributed by atoms with Gasteiger partial charge in [0.25, 0.3) is 0 Å². The average molecular weight is 285 g/mol. The number of nitrogens with zero attached hydrogens (tertiary/aromatic N) is 2. The number of hydrogen-bond acceptors (Lipinski definition) is 5. The van der Waals surface area contributed by atoms with E-state index in [9.17, 15) is 0 Å². The number of hydrogen-bond donors (Lipinski definition) is 1. The molecule has 5 nitrogen and oxygen atoms in total. The van der Waals surface area contributed by atoms with Crippen LogP contribution in [0.5, 0.6) is 0 Å². The third kappa shape index (κ3) is 2.26. The molecule has 2 aliphatic heterocycles. The van der Waals surface area contributed by atoms with Gasteiger partial charge >= 0.3 is 0 Å². The molecule has 4 rings (SSSR count). The van der Waals surface area contributed by atoms with Crippen molar-refractivity contribution >= 4 is 0 Å². The van der Waals surface area contributed by atoms with Gasteiger partial charge < -0.3 is 14.6 Å². The standard InChI is InChI=1S/C16H19N3O2/c1-2-4-12(5-3-1)8-14-18-15(21-19-14)16-10-17-9-13(16)6-7-20-11-16/h1-5,13,17H,6-11H2/t13-,16+/m1/s1. The summed E-state index contributed by atoms with van der Waals surface area (Å²) < 4.78 is 11.3. The lowest BCUT2D eigenvalue weighted by atomic mass is 9.75. The zero-order chi connectivity index (χ0) is 14.1. The van der Waals surface area contributed by atoms with Crippen LogP contribution in [0.2, 0.25) is 0 Å². The highest BCUT2D eigenvalue weighted by atomic mass is 16.5. The predicted octanol–water partition coefficient (Wildman–Crippen LogP) is 1.54. The maximum absolute atomic E-state index is 5.70. The van der Waals surface area contributed by atoms with E-state index in [0.29, 0.717) is 18.9 Å². The molecule has 3 heterocycles. The van der Waals surface area contributed by atoms with Crippen LogP contribution in [0.25, 0.3) is 0 Å². The fraction of sp³-hybridized carbons (Fsp3) is 0.500. The lowest BCUT2D eigenvalue weighted by Crippen LogP contribution is -2.44. The van der Waals surface area contributed by atoms with Crippen molar-refractivity contribution in [2.75, 3.05) is 26.3 Å². The van der Waals surface area contributed by atoms with E-state index in [0.717, 1.165) is 37.8 Å². The lowest BCUT2D eigenvalue weighted by Gasteiger charge is -2.34. The minimum atomic E-state index is -0.125. The largest absolute Gasteiger partial charge is 0.380 e. The summed E-state index contributed by atoms with van der Waals surface area (Å²) in [6.07, 6.45) is 1.77. The molecule has 21 heavy (non-hydrogen) atoms. The normalized spacial score (nSPS) is 28.5. The quantitative estimate of drug-likeness (QED) is 0.927. The molecule has 2 aromatic rings. The molecule has 1 aromatic carbocycles. The summed E-state index contributed by atoms with van der Waals surface area (Å²) in [5.74, 6) is 2.03. The van der Waals surface area contributed by atoms with Crippen molar-refractivity contribution in [3.63, 3.8) is 0 Å². The minimum Gasteiger partial charge on any atom is -0.380 e. The van der Waals surface area contributed by atoms with E-state index < -0.39 is 0 Å². The molecule has 0 spiro atoms. The Morgan fingerprint density at radius 3 is 3.10 bits per heavy atom. The maximum Gasteiger partial charge on any atom is 0.236 e. The Bertz CT molecular complexity index is 613. The van der Waals surface area contributed by atoms with Crippen molar-refractivity contribution in [2.45, 2.75) is 18.3 Å². The van der Waals surface area contributed by atoms with Gasteiger partial charge in [-0.05, 0) is 24.4 Å². The zero-order valence-electron chi connectivity index (χ0n) is 11.9. The SMILES string of the molecule is c1ccc(Cc2noc([C@]34CNC[C@H]3CCOC4)n2)cc1. The van der Waals surface area contributed by atoms with E-state index in [1.54, 1.807) is 0 Å². The number of ether oxygens (including phenoxy) is 1. The molecule has 0 aliphatic carbocycles. The zero-order valence-corrected chi connectivity index (χ0v) is 11.9. The van der Waals surface area contributed by atoms with Crippen LogP contribution >= 0.6 is 0 Å². The fourth-order valence-corrected chi connectivity index (χ4v) is 3.45. The fourth-order valence-electron chi connectivity index (χ4n) is 3.45. The number of fused-ring (bicyclic) bond motifs is 1. The highest BCUT2D eigenvalue weighted by molar-refractivity contribution is 5.20. The molecular formula is C16H19N3O2. The van der Waals surface area contributed by atoms with Crippen molar-refractivity contribution in [3.05, 3.63) is 47.6 Å². The van der Waals surface area contributed by atoms with E-state index in [2.05, 4.69) is 27.6 Å². The van der Waals surface area contributed by atoms with Crippen molar-refractivity contribution in [1.82, 2.24) is 15.5 Å². The third-order valence-corrected chi connectivity index (χ3v) is 4.68. The molecule has 0 saturated carbocycles. The summed E-state index contributed by atoms with van der Waals surface area (Å²) in [6.45, 7) is 3.39. The first-order chi connectivity index (χ1) is 10.4. The Hall–Kier alpha value is -1.72. The highest BCUT2D eigenvalue weighted by Gasteiger charge is 2.50. The second-order valence-electron chi connectivity index (χ2n) is 6.00. The lowest BCUT2D eigenvalue weighted by molar-refractivity contribution is 0.00198. The Labute approximate surface area is 123 Å². The van der Waals surface area contributed by atoms with Gasteiger partial charge in [-0.1, -0.05) is 35.5 Å². The summed E-state index contributed by atoms with van der Waals surface area (Å²) in [7, 11) is 0. The van der Waals surface area contributed by atoms with E-state index >= 15 is 0 Å². The summed E-state index contributed by atoms with van der Waals surface area (Å²) in [6, 6.07) is 10.2. The van der Waals surface area contributed by atoms with E-state index in [4.69, 9.17) is 9.26 Å². The van der Waals surface area contributed by atoms with Crippen LogP contribution in [0.4, 0.5) is 0 Å². The molecule has 1 N–H and O–H groups in total. The van der Waals surface area contributed by atoms with Gasteiger partial charge in [0, 0.05) is 19.6 Å². The first-order valence-corrected chi connectivity index (χ1v) is 7.52. The van der Waals surface area contributed by atoms with Crippen LogP contribution in [0, 0.1) is 5.92 Å². The van der Waals surface area contributed by atoms with Gasteiger partial charge in [-0.2, -0.15) is 4.98 Å². The topological polar surface area (TPSA) is 60.2 Å². The molecule has 2 aliphatic rings. The Kier molecular flexibility index (Phi) is 3.24. The van der Waals surface area contributed by atoms with Crippen molar-refractivity contribution < 1.29 is 9.26 Å². The van der Waals surface area contributed by atoms with Gasteiger partial charge in [-0.15, -0.1) is 0 Å². The first kappa shape index (κ1) is 13.0. The number of rotatable bonds is 3. The molecule has 110 valence electrons. The van der Waals surface area contributed by atoms with E-state index in [1.165, 1.54) is 5.56 Å². The molecule has 2 atom stereocenters. The Balaban J connectivity index is 1.59. The summed E-state index contributed by atoms with van der Waals surface area (Å²) in [4.78, 5) is 4.66. The molecule has 0 amide bonds. The predicted molar refractivity (Wildman–Crippen MR) is 77.0 cm³/mol. The summed E-state index contributed by atoms with van der Waals surface area (Å²) in [5.41, 5.74) is 1.07. The van der Waals surface area contributed by atoms with Crippen molar-refractivity contribution in [3.8, 4) is 0 Å². The molecular weight excluding hydrogens is 266 g/mol. The second-order valence-corrected chi connectivity index (χ2v) is 6.00. The third-order valence-electron chi connectivity index (χ3n) is 4.68. The van der Waals surface area contributed by atoms with Gasteiger partial charge in [0.1, 0.15) is 0 Å². The highest BCUT2D eigenvalue weighted by Crippen LogP contribution is 2.39. The molecule has 0 bridgehead atoms. The van der Waals surface area contributed by atoms with Crippen LogP contribution in [0.1, 0.15) is 23.7 Å². The molecule has 0 unspecified atom stereocenters. The van der Waals surface area contributed by atoms with Crippen LogP contribution in [0.3, 0.4) is 0 Å². The number of nitrogens with one attached hydrogen (secondary N) is 1. The molecule has 2 saturated heterocycles. The smallest absolute Gasteiger partial charge is 0.236 e. The van der Waals surface area contributed by atoms with Crippen LogP contribution in [-0.4, -0.2) is 36.4 Å². The number of benzene rings is 1. The van der Waals surface area contributed by atoms with E-state index in [1.807, 2.05) is 18.2 Å². The molecule has 1 aromatic heterocycles. The monoisotopic (exact) mass is 285 g/mol. The van der Waals surface area contributed by atoms with E-state index in [-0.39, 0.29) is 5.41 Å². The molecule has 5 heteroatoms. The Morgan fingerprint density at radius 2 is 2.19 bits per heavy atom. The summed E-state index contributed by atoms with van der Waals surface area (Å²) in [5, 5.41) is 7.63. The molecule has 2 fully saturated rings. The van der Waals surface area contributed by atoms with Crippen LogP contribution < -0.4 is 5.32 Å². The van der Waals surface area contributed by atoms with Crippen LogP contribution in [0.15, 0.2) is 34.9 Å². The van der Waals surface area contributed by atoms with Gasteiger partial charge in [0.15, 0.2) is 5.82 Å². The number of aromatic nitrogens is 2. The first-order valence-electron chi connectivity index (χ1n) is 7.52. The van der Waals surface area contributed by atoms with Gasteiger partial charge in [0.05, 0.1) is 12.0 Å². The second kappa shape index (κ2) is 5.24.